The number of hydrogen-bond acceptors (Lipinski definition) is 7. The van der Waals surface area contributed by atoms with Crippen LogP contribution in [0.15, 0.2) is 48.6 Å². The van der Waals surface area contributed by atoms with E-state index in [4.69, 9.17) is 18.9 Å². The van der Waals surface area contributed by atoms with E-state index in [2.05, 4.69) is 62.5 Å². The number of allylic oxidation sites excluding steroid dienone is 8. The van der Waals surface area contributed by atoms with Crippen molar-refractivity contribution in [1.29, 1.82) is 0 Å². The Morgan fingerprint density at radius 2 is 0.581 bits per heavy atom. The van der Waals surface area contributed by atoms with Gasteiger partial charge in [0.25, 0.3) is 6.29 Å². The van der Waals surface area contributed by atoms with Crippen molar-refractivity contribution in [2.45, 2.75) is 424 Å². The van der Waals surface area contributed by atoms with Crippen LogP contribution in [0.4, 0.5) is 0 Å². The fourth-order valence-electron chi connectivity index (χ4n) is 12.3. The minimum atomic E-state index is -1.51. The van der Waals surface area contributed by atoms with Crippen LogP contribution < -0.4 is 0 Å². The molecule has 546 valence electrons. The van der Waals surface area contributed by atoms with Crippen LogP contribution in [-0.2, 0) is 33.3 Å². The molecule has 9 heteroatoms. The molecule has 0 rings (SSSR count). The van der Waals surface area contributed by atoms with Crippen molar-refractivity contribution >= 4 is 17.9 Å². The van der Waals surface area contributed by atoms with Gasteiger partial charge in [0, 0.05) is 12.8 Å². The third-order valence-electron chi connectivity index (χ3n) is 18.6. The van der Waals surface area contributed by atoms with E-state index < -0.39 is 18.4 Å². The van der Waals surface area contributed by atoms with E-state index in [1.165, 1.54) is 334 Å². The monoisotopic (exact) mass is 1310 g/mol. The van der Waals surface area contributed by atoms with Crippen molar-refractivity contribution in [1.82, 2.24) is 0 Å². The number of carbonyl (C=O) groups excluding carboxylic acids is 2. The molecule has 0 aromatic heterocycles. The first-order valence-electron chi connectivity index (χ1n) is 40.8. The first-order valence-corrected chi connectivity index (χ1v) is 40.8. The Balaban J connectivity index is 3.95. The van der Waals surface area contributed by atoms with Gasteiger partial charge in [-0.3, -0.25) is 9.59 Å². The molecule has 2 atom stereocenters. The molecule has 93 heavy (non-hydrogen) atoms. The van der Waals surface area contributed by atoms with E-state index in [1.54, 1.807) is 0 Å². The van der Waals surface area contributed by atoms with E-state index in [9.17, 15) is 19.5 Å². The molecule has 0 aliphatic rings. The van der Waals surface area contributed by atoms with Crippen LogP contribution in [0.2, 0.25) is 0 Å². The molecule has 0 radical (unpaired) electrons. The smallest absolute Gasteiger partial charge is 0.361 e. The fraction of sp³-hybridized carbons (Fsp3) is 0.869. The maximum absolute atomic E-state index is 13.0. The number of carbonyl (C=O) groups is 3. The molecule has 0 fully saturated rings. The van der Waals surface area contributed by atoms with Crippen LogP contribution >= 0.6 is 0 Å². The molecule has 0 aromatic carbocycles. The normalized spacial score (nSPS) is 12.8. The molecular weight excluding hydrogens is 1150 g/mol. The molecule has 0 aliphatic carbocycles. The predicted octanol–water partition coefficient (Wildman–Crippen LogP) is 26.0. The number of esters is 2. The number of quaternary nitrogens is 1. The van der Waals surface area contributed by atoms with Gasteiger partial charge in [0.15, 0.2) is 6.10 Å². The Labute approximate surface area is 578 Å². The van der Waals surface area contributed by atoms with Crippen molar-refractivity contribution in [3.05, 3.63) is 48.6 Å². The topological polar surface area (TPSA) is 108 Å². The van der Waals surface area contributed by atoms with Gasteiger partial charge in [-0.15, -0.1) is 0 Å². The molecule has 9 nitrogen and oxygen atoms in total. The maximum atomic E-state index is 13.0. The lowest BCUT2D eigenvalue weighted by Gasteiger charge is -2.25. The Morgan fingerprint density at radius 1 is 0.323 bits per heavy atom. The molecule has 0 bridgehead atoms. The van der Waals surface area contributed by atoms with E-state index in [0.717, 1.165) is 51.4 Å². The zero-order chi connectivity index (χ0) is 67.5. The number of likely N-dealkylation sites (N-methyl/N-ethyl adjacent to an activating group) is 1. The van der Waals surface area contributed by atoms with Gasteiger partial charge in [-0.05, 0) is 77.0 Å². The number of rotatable bonds is 77. The summed E-state index contributed by atoms with van der Waals surface area (Å²) in [6.07, 6.45) is 95.6. The Bertz CT molecular complexity index is 1670. The van der Waals surface area contributed by atoms with Gasteiger partial charge in [0.05, 0.1) is 34.4 Å². The minimum absolute atomic E-state index is 0.176. The second kappa shape index (κ2) is 75.0. The van der Waals surface area contributed by atoms with Crippen LogP contribution in [0.3, 0.4) is 0 Å². The lowest BCUT2D eigenvalue weighted by Crippen LogP contribution is -2.40. The third-order valence-corrected chi connectivity index (χ3v) is 18.6. The Hall–Kier alpha value is -2.75. The summed E-state index contributed by atoms with van der Waals surface area (Å²) in [7, 11) is 6.00. The summed E-state index contributed by atoms with van der Waals surface area (Å²) in [5.41, 5.74) is 0. The highest BCUT2D eigenvalue weighted by Gasteiger charge is 2.25. The highest BCUT2D eigenvalue weighted by atomic mass is 16.7. The van der Waals surface area contributed by atoms with Gasteiger partial charge in [0.2, 0.25) is 0 Å². The van der Waals surface area contributed by atoms with Gasteiger partial charge >= 0.3 is 17.9 Å². The molecule has 0 aliphatic heterocycles. The number of aliphatic carboxylic acids is 1. The summed E-state index contributed by atoms with van der Waals surface area (Å²) >= 11 is 0. The van der Waals surface area contributed by atoms with E-state index in [-0.39, 0.29) is 38.2 Å². The van der Waals surface area contributed by atoms with Gasteiger partial charge in [-0.25, -0.2) is 4.79 Å². The largest absolute Gasteiger partial charge is 0.477 e. The van der Waals surface area contributed by atoms with Crippen molar-refractivity contribution in [3.8, 4) is 0 Å². The number of hydrogen-bond donors (Lipinski definition) is 1. The maximum Gasteiger partial charge on any atom is 0.361 e. The second-order valence-corrected chi connectivity index (χ2v) is 29.1. The van der Waals surface area contributed by atoms with Crippen molar-refractivity contribution < 1.29 is 42.9 Å². The average Bonchev–Trinajstić information content (AvgIpc) is 3.38. The van der Waals surface area contributed by atoms with Gasteiger partial charge in [0.1, 0.15) is 13.2 Å². The molecule has 0 heterocycles. The molecule has 0 saturated heterocycles. The highest BCUT2D eigenvalue weighted by Crippen LogP contribution is 2.20. The lowest BCUT2D eigenvalue weighted by molar-refractivity contribution is -0.870. The van der Waals surface area contributed by atoms with Gasteiger partial charge < -0.3 is 28.5 Å². The van der Waals surface area contributed by atoms with Crippen molar-refractivity contribution in [2.75, 3.05) is 47.5 Å². The van der Waals surface area contributed by atoms with Crippen molar-refractivity contribution in [2.24, 2.45) is 0 Å². The standard InChI is InChI=1S/C84H157NO8/c1-6-8-10-12-14-16-18-20-22-24-26-28-30-32-34-36-37-38-39-40-41-42-43-44-45-47-49-51-53-55-57-59-61-63-65-67-69-71-73-75-82(87)93-80(79-92-84(83(88)89)90-77-76-85(3,4)5)78-91-81(86)74-72-70-68-66-64-62-60-58-56-54-52-50-48-46-35-33-31-29-27-25-23-21-19-17-15-13-11-9-7-2/h18-21,24-27,80,84H,6-17,22-23,28-79H2,1-5H3/p+1/b20-18-,21-19-,26-24-,27-25-. The molecule has 0 saturated carbocycles. The molecule has 0 amide bonds. The molecule has 2 unspecified atom stereocenters. The van der Waals surface area contributed by atoms with Crippen LogP contribution in [0.1, 0.15) is 412 Å². The predicted molar refractivity (Wildman–Crippen MR) is 401 cm³/mol. The first kappa shape index (κ1) is 90.2. The Kier molecular flexibility index (Phi) is 72.8. The zero-order valence-corrected chi connectivity index (χ0v) is 62.7. The highest BCUT2D eigenvalue weighted by molar-refractivity contribution is 5.71. The number of carboxylic acid groups (broad SMARTS) is 1. The summed E-state index contributed by atoms with van der Waals surface area (Å²) in [6.45, 7) is 4.93. The van der Waals surface area contributed by atoms with Gasteiger partial charge in [-0.2, -0.15) is 0 Å². The average molecular weight is 1310 g/mol. The Morgan fingerprint density at radius 3 is 0.849 bits per heavy atom. The SMILES string of the molecule is CCCCCCC/C=C\C/C=C\CCCCCCCCCCCCCCCCCCCCCCCCCCCCCC(=O)OC(COC(=O)CCCCCCCCCCCCCCCCCCC/C=C\C/C=C\CCCCCCC)COC(OCC[N+](C)(C)C)C(=O)O. The second-order valence-electron chi connectivity index (χ2n) is 29.1. The van der Waals surface area contributed by atoms with Crippen LogP contribution in [0.25, 0.3) is 0 Å². The van der Waals surface area contributed by atoms with Crippen molar-refractivity contribution in [3.63, 3.8) is 0 Å². The third kappa shape index (κ3) is 76.5. The van der Waals surface area contributed by atoms with Crippen LogP contribution in [0, 0.1) is 0 Å². The zero-order valence-electron chi connectivity index (χ0n) is 62.7. The number of unbranched alkanes of at least 4 members (excludes halogenated alkanes) is 54. The van der Waals surface area contributed by atoms with Crippen LogP contribution in [0.5, 0.6) is 0 Å². The quantitative estimate of drug-likeness (QED) is 0.0211. The summed E-state index contributed by atoms with van der Waals surface area (Å²) in [5.74, 6) is -1.97. The van der Waals surface area contributed by atoms with E-state index in [1.807, 2.05) is 21.1 Å². The van der Waals surface area contributed by atoms with Gasteiger partial charge in [-0.1, -0.05) is 371 Å². The first-order chi connectivity index (χ1) is 45.6. The molecule has 0 spiro atoms. The number of carboxylic acids is 1. The summed E-state index contributed by atoms with van der Waals surface area (Å²) in [4.78, 5) is 37.7. The van der Waals surface area contributed by atoms with Crippen LogP contribution in [-0.4, -0.2) is 87.4 Å². The minimum Gasteiger partial charge on any atom is -0.477 e. The summed E-state index contributed by atoms with van der Waals surface area (Å²) < 4.78 is 23.1. The lowest BCUT2D eigenvalue weighted by atomic mass is 10.0. The summed E-state index contributed by atoms with van der Waals surface area (Å²) in [5, 5.41) is 9.77. The molecular formula is C84H158NO8+. The molecule has 0 aromatic rings. The molecule has 1 N–H and O–H groups in total. The van der Waals surface area contributed by atoms with E-state index >= 15 is 0 Å². The number of ether oxygens (including phenoxy) is 4. The summed E-state index contributed by atoms with van der Waals surface area (Å²) in [6, 6.07) is 0. The number of nitrogens with zero attached hydrogens (tertiary/aromatic N) is 1. The fourth-order valence-corrected chi connectivity index (χ4v) is 12.3. The van der Waals surface area contributed by atoms with E-state index in [0.29, 0.717) is 17.4 Å².